The van der Waals surface area contributed by atoms with Crippen molar-refractivity contribution in [3.8, 4) is 17.1 Å². The molecule has 5 heteroatoms. The average Bonchev–Trinajstić information content (AvgIpc) is 4.32. The maximum Gasteiger partial charge on any atom is 0.179 e. The second-order valence-electron chi connectivity index (χ2n) is 21.9. The number of rotatable bonds is 11. The largest absolute Gasteiger partial charge is 0.309 e. The van der Waals surface area contributed by atoms with Gasteiger partial charge in [-0.2, -0.15) is 0 Å². The van der Waals surface area contributed by atoms with Crippen LogP contribution < -0.4 is 41.5 Å². The van der Waals surface area contributed by atoms with E-state index in [0.717, 1.165) is 22.6 Å². The van der Waals surface area contributed by atoms with Crippen molar-refractivity contribution in [2.45, 2.75) is 0 Å². The molecule has 3 aromatic heterocycles. The van der Waals surface area contributed by atoms with E-state index in [1.807, 2.05) is 0 Å². The van der Waals surface area contributed by atoms with Gasteiger partial charge in [0.25, 0.3) is 0 Å². The number of hydrogen-bond acceptors (Lipinski definition) is 0. The maximum atomic E-state index is 2.56. The Morgan fingerprint density at radius 1 is 0.181 bits per heavy atom. The van der Waals surface area contributed by atoms with Crippen molar-refractivity contribution in [2.75, 3.05) is 0 Å². The quantitative estimate of drug-likeness (QED) is 0.0906. The zero-order valence-corrected chi connectivity index (χ0v) is 47.6. The van der Waals surface area contributed by atoms with Gasteiger partial charge in [0.15, 0.2) is 16.1 Å². The molecule has 0 saturated heterocycles. The van der Waals surface area contributed by atoms with Gasteiger partial charge in [-0.25, -0.2) is 0 Å². The van der Waals surface area contributed by atoms with Gasteiger partial charge in [-0.05, 0) is 108 Å². The van der Waals surface area contributed by atoms with E-state index >= 15 is 0 Å². The summed E-state index contributed by atoms with van der Waals surface area (Å²) in [6.45, 7) is 0. The van der Waals surface area contributed by atoms with E-state index in [1.54, 1.807) is 0 Å². The number of fused-ring (bicyclic) bond motifs is 9. The van der Waals surface area contributed by atoms with Crippen LogP contribution in [0.2, 0.25) is 0 Å². The van der Waals surface area contributed by atoms with E-state index in [1.165, 1.54) is 101 Å². The summed E-state index contributed by atoms with van der Waals surface area (Å²) in [5.74, 6) is 0. The molecule has 0 N–H and O–H groups in total. The maximum absolute atomic E-state index is 2.86. The van der Waals surface area contributed by atoms with Crippen molar-refractivity contribution in [2.24, 2.45) is 0 Å². The lowest BCUT2D eigenvalue weighted by Gasteiger charge is -2.34. The molecular weight excluding hydrogens is 1040 g/mol. The molecule has 16 aromatic rings. The first-order valence-corrected chi connectivity index (χ1v) is 32.8. The van der Waals surface area contributed by atoms with Crippen LogP contribution in [0.1, 0.15) is 0 Å². The van der Waals surface area contributed by atoms with Crippen LogP contribution in [0.25, 0.3) is 82.5 Å². The van der Waals surface area contributed by atoms with Gasteiger partial charge >= 0.3 is 0 Å². The Hall–Kier alpha value is -10.3. The second-order valence-corrected chi connectivity index (χ2v) is 29.5. The van der Waals surface area contributed by atoms with Crippen LogP contribution in [0.15, 0.2) is 334 Å². The molecule has 83 heavy (non-hydrogen) atoms. The monoisotopic (exact) mass is 1090 g/mol. The number of aromatic nitrogens is 3. The van der Waals surface area contributed by atoms with Gasteiger partial charge in [0, 0.05) is 43.7 Å². The molecule has 0 aliphatic carbocycles. The van der Waals surface area contributed by atoms with Crippen LogP contribution in [0.3, 0.4) is 0 Å². The predicted molar refractivity (Wildman–Crippen MR) is 357 cm³/mol. The van der Waals surface area contributed by atoms with Crippen molar-refractivity contribution in [1.82, 2.24) is 13.7 Å². The summed E-state index contributed by atoms with van der Waals surface area (Å²) >= 11 is 0. The molecule has 0 radical (unpaired) electrons. The Kier molecular flexibility index (Phi) is 11.6. The van der Waals surface area contributed by atoms with Crippen molar-refractivity contribution in [1.29, 1.82) is 0 Å². The molecule has 13 aromatic carbocycles. The van der Waals surface area contributed by atoms with Crippen molar-refractivity contribution < 1.29 is 0 Å². The molecule has 0 saturated carbocycles. The molecule has 0 atom stereocenters. The van der Waals surface area contributed by atoms with Crippen molar-refractivity contribution in [3.05, 3.63) is 334 Å². The molecule has 0 unspecified atom stereocenters. The van der Waals surface area contributed by atoms with Crippen LogP contribution in [0.4, 0.5) is 0 Å². The number of nitrogens with zero attached hydrogens (tertiary/aromatic N) is 3. The van der Waals surface area contributed by atoms with E-state index in [9.17, 15) is 0 Å². The molecule has 3 nitrogen and oxygen atoms in total. The third kappa shape index (κ3) is 7.42. The van der Waals surface area contributed by atoms with Gasteiger partial charge in [0.1, 0.15) is 0 Å². The Balaban J connectivity index is 0.906. The highest BCUT2D eigenvalue weighted by Crippen LogP contribution is 2.41. The molecule has 390 valence electrons. The lowest BCUT2D eigenvalue weighted by atomic mass is 10.1. The fourth-order valence-electron chi connectivity index (χ4n) is 14.3. The Labute approximate surface area is 484 Å². The van der Waals surface area contributed by atoms with E-state index in [2.05, 4.69) is 347 Å². The summed E-state index contributed by atoms with van der Waals surface area (Å²) in [6, 6.07) is 125. The van der Waals surface area contributed by atoms with E-state index < -0.39 is 16.1 Å². The SMILES string of the molecule is c1ccc([Si](c2ccccc2)(c2ccccc2)c2cccc(-n3c4ccccc4c4cc(-n5c6ccccc6c6c(-n7c8ccccc8c8ccc([Si](c9ccccc9)(c9ccccc9)c9ccccc9)cc87)cccc65)ccc43)c2)cc1. The topological polar surface area (TPSA) is 14.8 Å². The Bertz CT molecular complexity index is 4880. The molecule has 0 spiro atoms. The van der Waals surface area contributed by atoms with Crippen LogP contribution in [-0.2, 0) is 0 Å². The summed E-state index contributed by atoms with van der Waals surface area (Å²) in [4.78, 5) is 0. The summed E-state index contributed by atoms with van der Waals surface area (Å²) in [7, 11) is -5.66. The average molecular weight is 1090 g/mol. The zero-order valence-electron chi connectivity index (χ0n) is 45.6. The van der Waals surface area contributed by atoms with E-state index in [4.69, 9.17) is 0 Å². The molecule has 16 rings (SSSR count). The molecule has 0 aliphatic rings. The van der Waals surface area contributed by atoms with Crippen LogP contribution in [0, 0.1) is 0 Å². The first-order valence-electron chi connectivity index (χ1n) is 28.8. The number of benzene rings is 13. The normalized spacial score (nSPS) is 12.1. The van der Waals surface area contributed by atoms with Gasteiger partial charge in [-0.15, -0.1) is 0 Å². The molecule has 0 aliphatic heterocycles. The standard InChI is InChI=1S/C78H55N3Si2/c1-7-28-58(29-8-1)82(59-30-9-2-10-31-59,60-32-11-3-12-33-60)64-40-25-27-56(53-64)79-71-44-22-20-42-67(71)70-54-57(49-52-74(70)79)80-73-46-24-21-43-69(73)78-75(80)47-26-48-76(78)81-72-45-23-19-41-66(72)68-51-50-65(55-77(68)81)83(61-34-13-4-14-35-61,62-36-15-5-16-37-62)63-38-17-6-18-39-63/h1-55H. The van der Waals surface area contributed by atoms with Crippen LogP contribution >= 0.6 is 0 Å². The summed E-state index contributed by atoms with van der Waals surface area (Å²) in [5.41, 5.74) is 10.5. The first-order chi connectivity index (χ1) is 41.2. The van der Waals surface area contributed by atoms with Crippen molar-refractivity contribution in [3.63, 3.8) is 0 Å². The lowest BCUT2D eigenvalue weighted by molar-refractivity contribution is 1.16. The van der Waals surface area contributed by atoms with Gasteiger partial charge in [0.05, 0.1) is 38.8 Å². The minimum absolute atomic E-state index is 1.12. The fraction of sp³-hybridized carbons (Fsp3) is 0. The highest BCUT2D eigenvalue weighted by Gasteiger charge is 2.43. The number of para-hydroxylation sites is 3. The Morgan fingerprint density at radius 2 is 0.530 bits per heavy atom. The van der Waals surface area contributed by atoms with Gasteiger partial charge in [-0.1, -0.05) is 267 Å². The Morgan fingerprint density at radius 3 is 1.05 bits per heavy atom. The predicted octanol–water partition coefficient (Wildman–Crippen LogP) is 13.7. The second kappa shape index (κ2) is 19.7. The molecule has 3 heterocycles. The van der Waals surface area contributed by atoms with Gasteiger partial charge < -0.3 is 13.7 Å². The van der Waals surface area contributed by atoms with E-state index in [0.29, 0.717) is 0 Å². The molecule has 0 fully saturated rings. The third-order valence-electron chi connectivity index (χ3n) is 17.7. The smallest absolute Gasteiger partial charge is 0.179 e. The molecule has 0 bridgehead atoms. The van der Waals surface area contributed by atoms with Crippen LogP contribution in [-0.4, -0.2) is 29.8 Å². The van der Waals surface area contributed by atoms with Gasteiger partial charge in [-0.3, -0.25) is 0 Å². The molecular formula is C78H55N3Si2. The van der Waals surface area contributed by atoms with Crippen molar-refractivity contribution >= 4 is 123 Å². The highest BCUT2D eigenvalue weighted by atomic mass is 28.3. The summed E-state index contributed by atoms with van der Waals surface area (Å²) in [6.07, 6.45) is 0. The minimum Gasteiger partial charge on any atom is -0.309 e. The molecule has 0 amide bonds. The minimum atomic E-state index is -2.86. The highest BCUT2D eigenvalue weighted by molar-refractivity contribution is 7.20. The zero-order chi connectivity index (χ0) is 54.9. The van der Waals surface area contributed by atoms with Crippen LogP contribution in [0.5, 0.6) is 0 Å². The lowest BCUT2D eigenvalue weighted by Crippen LogP contribution is -2.74. The fourth-order valence-corrected chi connectivity index (χ4v) is 23.9. The summed E-state index contributed by atoms with van der Waals surface area (Å²) in [5, 5.41) is 18.2. The first kappa shape index (κ1) is 48.6. The number of hydrogen-bond donors (Lipinski definition) is 0. The van der Waals surface area contributed by atoms with E-state index in [-0.39, 0.29) is 0 Å². The summed E-state index contributed by atoms with van der Waals surface area (Å²) < 4.78 is 7.55. The van der Waals surface area contributed by atoms with Gasteiger partial charge in [0.2, 0.25) is 0 Å². The third-order valence-corrected chi connectivity index (χ3v) is 27.3.